The van der Waals surface area contributed by atoms with Gasteiger partial charge in [0, 0.05) is 5.69 Å². The van der Waals surface area contributed by atoms with Crippen molar-refractivity contribution in [3.63, 3.8) is 0 Å². The Kier molecular flexibility index (Phi) is 6.53. The van der Waals surface area contributed by atoms with Crippen LogP contribution in [0.3, 0.4) is 0 Å². The Bertz CT molecular complexity index is 1290. The van der Waals surface area contributed by atoms with E-state index in [-0.39, 0.29) is 0 Å². The van der Waals surface area contributed by atoms with Gasteiger partial charge in [-0.25, -0.2) is 4.79 Å². The van der Waals surface area contributed by atoms with E-state index >= 15 is 0 Å². The summed E-state index contributed by atoms with van der Waals surface area (Å²) in [5.41, 5.74) is 6.20. The fourth-order valence-corrected chi connectivity index (χ4v) is 3.41. The Hall–Kier alpha value is -4.03. The molecule has 0 amide bonds. The van der Waals surface area contributed by atoms with Crippen molar-refractivity contribution >= 4 is 46.0 Å². The molecule has 0 radical (unpaired) electrons. The maximum Gasteiger partial charge on any atom is 0.344 e. The second-order valence-corrected chi connectivity index (χ2v) is 7.59. The second kappa shape index (κ2) is 9.85. The Morgan fingerprint density at radius 3 is 2.50 bits per heavy atom. The molecule has 0 fully saturated rings. The maximum absolute atomic E-state index is 12.7. The SMILES string of the molecule is Cc1cccc(NC(=S)N/N=C/c2ccc(OC(=O)c3cccc4ccccc34)cc2)c1. The lowest BCUT2D eigenvalue weighted by Crippen LogP contribution is -2.23. The highest BCUT2D eigenvalue weighted by Gasteiger charge is 2.12. The molecule has 0 unspecified atom stereocenters. The van der Waals surface area contributed by atoms with E-state index in [4.69, 9.17) is 17.0 Å². The van der Waals surface area contributed by atoms with E-state index in [0.717, 1.165) is 27.6 Å². The number of carbonyl (C=O) groups excluding carboxylic acids is 1. The van der Waals surface area contributed by atoms with Crippen molar-refractivity contribution in [3.8, 4) is 5.75 Å². The molecule has 2 N–H and O–H groups in total. The number of thiocarbonyl (C=S) groups is 1. The van der Waals surface area contributed by atoms with Crippen LogP contribution >= 0.6 is 12.2 Å². The quantitative estimate of drug-likeness (QED) is 0.138. The Morgan fingerprint density at radius 1 is 0.938 bits per heavy atom. The number of rotatable bonds is 5. The number of nitrogens with zero attached hydrogens (tertiary/aromatic N) is 1. The van der Waals surface area contributed by atoms with Gasteiger partial charge in [-0.15, -0.1) is 0 Å². The second-order valence-electron chi connectivity index (χ2n) is 7.18. The average molecular weight is 440 g/mol. The Balaban J connectivity index is 1.34. The number of hydrazone groups is 1. The maximum atomic E-state index is 12.7. The standard InChI is InChI=1S/C26H21N3O2S/c1-18-6-4-9-21(16-18)28-26(32)29-27-17-19-12-14-22(15-13-19)31-25(30)24-11-5-8-20-7-2-3-10-23(20)24/h2-17H,1H3,(H2,28,29,32)/b27-17+. The number of ether oxygens (including phenoxy) is 1. The van der Waals surface area contributed by atoms with E-state index in [1.54, 1.807) is 24.4 Å². The smallest absolute Gasteiger partial charge is 0.344 e. The molecule has 0 aliphatic rings. The van der Waals surface area contributed by atoms with Gasteiger partial charge < -0.3 is 10.1 Å². The van der Waals surface area contributed by atoms with Crippen LogP contribution in [0.1, 0.15) is 21.5 Å². The first-order chi connectivity index (χ1) is 15.6. The number of hydrogen-bond acceptors (Lipinski definition) is 4. The van der Waals surface area contributed by atoms with Crippen LogP contribution in [-0.2, 0) is 0 Å². The number of esters is 1. The molecule has 0 aromatic heterocycles. The van der Waals surface area contributed by atoms with Gasteiger partial charge in [-0.1, -0.05) is 48.5 Å². The van der Waals surface area contributed by atoms with Crippen LogP contribution in [0.15, 0.2) is 96.1 Å². The number of nitrogens with one attached hydrogen (secondary N) is 2. The van der Waals surface area contributed by atoms with Crippen molar-refractivity contribution < 1.29 is 9.53 Å². The summed E-state index contributed by atoms with van der Waals surface area (Å²) in [6.45, 7) is 2.02. The van der Waals surface area contributed by atoms with Crippen molar-refractivity contribution in [2.75, 3.05) is 5.32 Å². The van der Waals surface area contributed by atoms with E-state index in [1.807, 2.05) is 79.7 Å². The van der Waals surface area contributed by atoms with E-state index < -0.39 is 5.97 Å². The molecule has 0 bridgehead atoms. The number of aryl methyl sites for hydroxylation is 1. The lowest BCUT2D eigenvalue weighted by Gasteiger charge is -2.08. The molecule has 0 saturated carbocycles. The third-order valence-electron chi connectivity index (χ3n) is 4.76. The Labute approximate surface area is 191 Å². The minimum atomic E-state index is -0.391. The average Bonchev–Trinajstić information content (AvgIpc) is 2.80. The topological polar surface area (TPSA) is 62.7 Å². The van der Waals surface area contributed by atoms with Crippen LogP contribution in [0, 0.1) is 6.92 Å². The van der Waals surface area contributed by atoms with Gasteiger partial charge in [0.25, 0.3) is 0 Å². The molecule has 0 saturated heterocycles. The zero-order valence-corrected chi connectivity index (χ0v) is 18.2. The molecule has 0 heterocycles. The molecule has 32 heavy (non-hydrogen) atoms. The summed E-state index contributed by atoms with van der Waals surface area (Å²) in [7, 11) is 0. The van der Waals surface area contributed by atoms with Crippen molar-refractivity contribution in [3.05, 3.63) is 108 Å². The fourth-order valence-electron chi connectivity index (χ4n) is 3.23. The molecular weight excluding hydrogens is 418 g/mol. The predicted octanol–water partition coefficient (Wildman–Crippen LogP) is 5.69. The third-order valence-corrected chi connectivity index (χ3v) is 4.95. The molecule has 158 valence electrons. The van der Waals surface area contributed by atoms with Crippen LogP contribution in [0.25, 0.3) is 10.8 Å². The lowest BCUT2D eigenvalue weighted by atomic mass is 10.0. The summed E-state index contributed by atoms with van der Waals surface area (Å²) in [5.74, 6) is 0.0714. The van der Waals surface area contributed by atoms with Gasteiger partial charge in [0.15, 0.2) is 5.11 Å². The van der Waals surface area contributed by atoms with Crippen LogP contribution in [0.5, 0.6) is 5.75 Å². The normalized spacial score (nSPS) is 10.8. The van der Waals surface area contributed by atoms with Crippen molar-refractivity contribution in [1.82, 2.24) is 5.43 Å². The Morgan fingerprint density at radius 2 is 1.69 bits per heavy atom. The van der Waals surface area contributed by atoms with Crippen molar-refractivity contribution in [2.24, 2.45) is 5.10 Å². The van der Waals surface area contributed by atoms with Crippen molar-refractivity contribution in [1.29, 1.82) is 0 Å². The zero-order chi connectivity index (χ0) is 22.3. The highest BCUT2D eigenvalue weighted by atomic mass is 32.1. The first-order valence-corrected chi connectivity index (χ1v) is 10.5. The molecular formula is C26H21N3O2S. The summed E-state index contributed by atoms with van der Waals surface area (Å²) in [4.78, 5) is 12.7. The summed E-state index contributed by atoms with van der Waals surface area (Å²) in [6.07, 6.45) is 1.64. The van der Waals surface area contributed by atoms with Crippen molar-refractivity contribution in [2.45, 2.75) is 6.92 Å². The summed E-state index contributed by atoms with van der Waals surface area (Å²) >= 11 is 5.25. The molecule has 4 rings (SSSR count). The lowest BCUT2D eigenvalue weighted by molar-refractivity contribution is 0.0737. The number of benzene rings is 4. The summed E-state index contributed by atoms with van der Waals surface area (Å²) < 4.78 is 5.55. The van der Waals surface area contributed by atoms with Crippen LogP contribution in [-0.4, -0.2) is 17.3 Å². The third kappa shape index (κ3) is 5.36. The monoisotopic (exact) mass is 439 g/mol. The highest BCUT2D eigenvalue weighted by Crippen LogP contribution is 2.21. The molecule has 6 heteroatoms. The molecule has 0 spiro atoms. The molecule has 0 atom stereocenters. The largest absolute Gasteiger partial charge is 0.423 e. The van der Waals surface area contributed by atoms with E-state index in [9.17, 15) is 4.79 Å². The van der Waals surface area contributed by atoms with E-state index in [0.29, 0.717) is 16.4 Å². The minimum absolute atomic E-state index is 0.391. The molecule has 4 aromatic rings. The number of carbonyl (C=O) groups is 1. The molecule has 0 aliphatic heterocycles. The number of anilines is 1. The zero-order valence-electron chi connectivity index (χ0n) is 17.4. The summed E-state index contributed by atoms with van der Waals surface area (Å²) in [6, 6.07) is 28.3. The number of hydrogen-bond donors (Lipinski definition) is 2. The van der Waals surface area contributed by atoms with Gasteiger partial charge in [-0.3, -0.25) is 5.43 Å². The minimum Gasteiger partial charge on any atom is -0.423 e. The van der Waals surface area contributed by atoms with Gasteiger partial charge in [-0.05, 0) is 83.5 Å². The van der Waals surface area contributed by atoms with Gasteiger partial charge >= 0.3 is 5.97 Å². The van der Waals surface area contributed by atoms with Crippen LogP contribution in [0.4, 0.5) is 5.69 Å². The predicted molar refractivity (Wildman–Crippen MR) is 133 cm³/mol. The first-order valence-electron chi connectivity index (χ1n) is 10.1. The van der Waals surface area contributed by atoms with Gasteiger partial charge in [-0.2, -0.15) is 5.10 Å². The molecule has 0 aliphatic carbocycles. The van der Waals surface area contributed by atoms with Gasteiger partial charge in [0.05, 0.1) is 11.8 Å². The van der Waals surface area contributed by atoms with E-state index in [2.05, 4.69) is 15.8 Å². The number of fused-ring (bicyclic) bond motifs is 1. The highest BCUT2D eigenvalue weighted by molar-refractivity contribution is 7.80. The fraction of sp³-hybridized carbons (Fsp3) is 0.0385. The van der Waals surface area contributed by atoms with Gasteiger partial charge in [0.1, 0.15) is 5.75 Å². The molecule has 5 nitrogen and oxygen atoms in total. The van der Waals surface area contributed by atoms with Crippen LogP contribution < -0.4 is 15.5 Å². The van der Waals surface area contributed by atoms with Crippen LogP contribution in [0.2, 0.25) is 0 Å². The first kappa shape index (κ1) is 21.2. The van der Waals surface area contributed by atoms with E-state index in [1.165, 1.54) is 0 Å². The molecule has 4 aromatic carbocycles. The summed E-state index contributed by atoms with van der Waals surface area (Å²) in [5, 5.41) is 9.48. The van der Waals surface area contributed by atoms with Gasteiger partial charge in [0.2, 0.25) is 0 Å².